The maximum absolute atomic E-state index is 12.6. The molecule has 5 nitrogen and oxygen atoms in total. The van der Waals surface area contributed by atoms with Crippen LogP contribution in [0.1, 0.15) is 35.3 Å². The molecule has 0 bridgehead atoms. The number of likely N-dealkylation sites (N-methyl/N-ethyl adjacent to an activating group) is 1. The lowest BCUT2D eigenvalue weighted by molar-refractivity contribution is -0.120. The first-order valence-electron chi connectivity index (χ1n) is 8.57. The van der Waals surface area contributed by atoms with Crippen LogP contribution >= 0.6 is 0 Å². The minimum absolute atomic E-state index is 0.0298. The molecule has 138 valence electrons. The normalized spacial score (nSPS) is 11.9. The molecule has 0 aliphatic heterocycles. The number of hydrogen-bond acceptors (Lipinski definition) is 4. The Balaban J connectivity index is 2.07. The summed E-state index contributed by atoms with van der Waals surface area (Å²) in [5.41, 5.74) is 3.38. The number of benzene rings is 2. The van der Waals surface area contributed by atoms with Crippen LogP contribution in [0.25, 0.3) is 0 Å². The van der Waals surface area contributed by atoms with Gasteiger partial charge in [0.05, 0.1) is 13.2 Å². The minimum Gasteiger partial charge on any atom is -0.496 e. The topological polar surface area (TPSA) is 58.6 Å². The van der Waals surface area contributed by atoms with Crippen molar-refractivity contribution in [3.8, 4) is 5.75 Å². The third-order valence-corrected chi connectivity index (χ3v) is 4.43. The summed E-state index contributed by atoms with van der Waals surface area (Å²) in [6, 6.07) is 12.6. The summed E-state index contributed by atoms with van der Waals surface area (Å²) in [5.74, 6) is 0.654. The number of nitrogens with zero attached hydrogens (tertiary/aromatic N) is 1. The van der Waals surface area contributed by atoms with Gasteiger partial charge in [-0.3, -0.25) is 14.5 Å². The van der Waals surface area contributed by atoms with Crippen molar-refractivity contribution in [1.82, 2.24) is 4.90 Å². The third kappa shape index (κ3) is 4.92. The Labute approximate surface area is 155 Å². The summed E-state index contributed by atoms with van der Waals surface area (Å²) in [7, 11) is 3.55. The molecule has 0 saturated heterocycles. The van der Waals surface area contributed by atoms with Crippen LogP contribution in [0.15, 0.2) is 42.5 Å². The number of methoxy groups -OCH3 is 1. The van der Waals surface area contributed by atoms with Gasteiger partial charge >= 0.3 is 0 Å². The van der Waals surface area contributed by atoms with Gasteiger partial charge in [-0.25, -0.2) is 0 Å². The first-order chi connectivity index (χ1) is 12.3. The van der Waals surface area contributed by atoms with Gasteiger partial charge in [0, 0.05) is 23.4 Å². The van der Waals surface area contributed by atoms with E-state index in [1.807, 2.05) is 37.9 Å². The van der Waals surface area contributed by atoms with Gasteiger partial charge in [-0.15, -0.1) is 0 Å². The number of carbonyl (C=O) groups is 2. The van der Waals surface area contributed by atoms with Crippen molar-refractivity contribution in [1.29, 1.82) is 0 Å². The largest absolute Gasteiger partial charge is 0.496 e. The van der Waals surface area contributed by atoms with Crippen LogP contribution in [0.4, 0.5) is 5.69 Å². The number of carbonyl (C=O) groups excluding carboxylic acids is 2. The summed E-state index contributed by atoms with van der Waals surface area (Å²) >= 11 is 0. The molecule has 0 saturated carbocycles. The Morgan fingerprint density at radius 1 is 1.19 bits per heavy atom. The smallest absolute Gasteiger partial charge is 0.241 e. The van der Waals surface area contributed by atoms with Crippen molar-refractivity contribution in [2.75, 3.05) is 19.5 Å². The fraction of sp³-hybridized carbons (Fsp3) is 0.333. The summed E-state index contributed by atoms with van der Waals surface area (Å²) in [4.78, 5) is 26.0. The Morgan fingerprint density at radius 2 is 1.92 bits per heavy atom. The maximum atomic E-state index is 12.6. The molecule has 2 rings (SSSR count). The Bertz CT molecular complexity index is 802. The van der Waals surface area contributed by atoms with E-state index in [-0.39, 0.29) is 17.7 Å². The molecule has 26 heavy (non-hydrogen) atoms. The lowest BCUT2D eigenvalue weighted by Crippen LogP contribution is -2.39. The van der Waals surface area contributed by atoms with Gasteiger partial charge in [-0.05, 0) is 46.0 Å². The number of ether oxygens (including phenoxy) is 1. The molecule has 0 aromatic heterocycles. The second kappa shape index (κ2) is 8.63. The number of Topliss-reactive ketones (excluding diaryl/α,β-unsaturated/α-hetero) is 1. The minimum atomic E-state index is -0.346. The van der Waals surface area contributed by atoms with Crippen molar-refractivity contribution in [3.05, 3.63) is 59.2 Å². The van der Waals surface area contributed by atoms with Crippen molar-refractivity contribution in [2.45, 2.75) is 33.4 Å². The molecule has 1 atom stereocenters. The average molecular weight is 354 g/mol. The number of nitrogens with one attached hydrogen (secondary N) is 1. The van der Waals surface area contributed by atoms with Gasteiger partial charge in [0.15, 0.2) is 5.78 Å². The fourth-order valence-electron chi connectivity index (χ4n) is 2.70. The molecule has 0 fully saturated rings. The summed E-state index contributed by atoms with van der Waals surface area (Å²) in [6.45, 7) is 5.98. The van der Waals surface area contributed by atoms with Gasteiger partial charge in [-0.1, -0.05) is 29.8 Å². The number of ketones is 1. The van der Waals surface area contributed by atoms with E-state index < -0.39 is 0 Å². The van der Waals surface area contributed by atoms with Crippen LogP contribution in [-0.2, 0) is 11.3 Å². The number of anilines is 1. The van der Waals surface area contributed by atoms with Gasteiger partial charge in [-0.2, -0.15) is 0 Å². The molecular weight excluding hydrogens is 328 g/mol. The first-order valence-corrected chi connectivity index (χ1v) is 8.57. The van der Waals surface area contributed by atoms with Gasteiger partial charge < -0.3 is 10.1 Å². The lowest BCUT2D eigenvalue weighted by Gasteiger charge is -2.25. The van der Waals surface area contributed by atoms with Crippen LogP contribution < -0.4 is 10.1 Å². The Hall–Kier alpha value is -2.66. The van der Waals surface area contributed by atoms with Gasteiger partial charge in [0.1, 0.15) is 5.75 Å². The molecule has 1 N–H and O–H groups in total. The molecule has 0 aliphatic carbocycles. The molecule has 2 aromatic carbocycles. The number of aryl methyl sites for hydroxylation is 1. The second-order valence-electron chi connectivity index (χ2n) is 6.53. The highest BCUT2D eigenvalue weighted by Gasteiger charge is 2.19. The molecule has 2 aromatic rings. The van der Waals surface area contributed by atoms with Crippen LogP contribution in [-0.4, -0.2) is 36.8 Å². The predicted molar refractivity (Wildman–Crippen MR) is 104 cm³/mol. The molecular formula is C21H26N2O3. The van der Waals surface area contributed by atoms with Crippen molar-refractivity contribution >= 4 is 17.4 Å². The fourth-order valence-corrected chi connectivity index (χ4v) is 2.70. The lowest BCUT2D eigenvalue weighted by atomic mass is 10.1. The van der Waals surface area contributed by atoms with E-state index in [0.717, 1.165) is 16.9 Å². The van der Waals surface area contributed by atoms with Gasteiger partial charge in [0.2, 0.25) is 5.91 Å². The zero-order valence-electron chi connectivity index (χ0n) is 16.0. The maximum Gasteiger partial charge on any atom is 0.241 e. The van der Waals surface area contributed by atoms with Gasteiger partial charge in [0.25, 0.3) is 0 Å². The highest BCUT2D eigenvalue weighted by Crippen LogP contribution is 2.22. The quantitative estimate of drug-likeness (QED) is 0.771. The van der Waals surface area contributed by atoms with E-state index >= 15 is 0 Å². The van der Waals surface area contributed by atoms with Crippen molar-refractivity contribution in [3.63, 3.8) is 0 Å². The third-order valence-electron chi connectivity index (χ3n) is 4.43. The first kappa shape index (κ1) is 19.7. The van der Waals surface area contributed by atoms with Crippen molar-refractivity contribution < 1.29 is 14.3 Å². The molecule has 0 unspecified atom stereocenters. The zero-order valence-corrected chi connectivity index (χ0v) is 16.0. The van der Waals surface area contributed by atoms with Crippen LogP contribution in [0.5, 0.6) is 5.75 Å². The van der Waals surface area contributed by atoms with E-state index in [0.29, 0.717) is 17.8 Å². The van der Waals surface area contributed by atoms with E-state index in [9.17, 15) is 9.59 Å². The van der Waals surface area contributed by atoms with E-state index in [1.165, 1.54) is 6.92 Å². The molecule has 5 heteroatoms. The summed E-state index contributed by atoms with van der Waals surface area (Å²) in [6.07, 6.45) is 0. The average Bonchev–Trinajstić information content (AvgIpc) is 2.61. The monoisotopic (exact) mass is 354 g/mol. The molecule has 0 aliphatic rings. The Morgan fingerprint density at radius 3 is 2.58 bits per heavy atom. The van der Waals surface area contributed by atoms with Crippen LogP contribution in [0, 0.1) is 6.92 Å². The second-order valence-corrected chi connectivity index (χ2v) is 6.53. The number of hydrogen-bond donors (Lipinski definition) is 1. The molecule has 0 heterocycles. The van der Waals surface area contributed by atoms with Crippen LogP contribution in [0.3, 0.4) is 0 Å². The standard InChI is InChI=1S/C21H26N2O3/c1-14-9-10-20(26-5)18(11-14)13-23(4)15(2)21(25)22-19-8-6-7-17(12-19)16(3)24/h6-12,15H,13H2,1-5H3,(H,22,25)/t15-/m1/s1. The molecule has 0 spiro atoms. The molecule has 1 amide bonds. The number of rotatable bonds is 7. The highest BCUT2D eigenvalue weighted by atomic mass is 16.5. The summed E-state index contributed by atoms with van der Waals surface area (Å²) in [5, 5.41) is 2.88. The molecule has 0 radical (unpaired) electrons. The van der Waals surface area contributed by atoms with E-state index in [1.54, 1.807) is 31.4 Å². The SMILES string of the molecule is COc1ccc(C)cc1CN(C)[C@H](C)C(=O)Nc1cccc(C(C)=O)c1. The Kier molecular flexibility index (Phi) is 6.52. The van der Waals surface area contributed by atoms with Crippen molar-refractivity contribution in [2.24, 2.45) is 0 Å². The van der Waals surface area contributed by atoms with Crippen LogP contribution in [0.2, 0.25) is 0 Å². The highest BCUT2D eigenvalue weighted by molar-refractivity contribution is 5.98. The summed E-state index contributed by atoms with van der Waals surface area (Å²) < 4.78 is 5.41. The van der Waals surface area contributed by atoms with E-state index in [2.05, 4.69) is 11.4 Å². The number of amides is 1. The predicted octanol–water partition coefficient (Wildman–Crippen LogP) is 3.67. The van der Waals surface area contributed by atoms with E-state index in [4.69, 9.17) is 4.74 Å². The zero-order chi connectivity index (χ0) is 19.3.